The van der Waals surface area contributed by atoms with Crippen molar-refractivity contribution in [2.75, 3.05) is 26.9 Å². The molecule has 1 amide bonds. The smallest absolute Gasteiger partial charge is 0.295 e. The van der Waals surface area contributed by atoms with Crippen molar-refractivity contribution in [2.45, 2.75) is 19.4 Å². The van der Waals surface area contributed by atoms with Crippen LogP contribution in [0.1, 0.15) is 29.2 Å². The molecule has 0 bridgehead atoms. The highest BCUT2D eigenvalue weighted by atomic mass is 16.5. The number of carbonyl (C=O) groups is 2. The van der Waals surface area contributed by atoms with Gasteiger partial charge in [0, 0.05) is 12.1 Å². The maximum absolute atomic E-state index is 13.2. The average Bonchev–Trinajstić information content (AvgIpc) is 3.19. The standard InChI is InChI=1S/C31H31NO6/c1-4-18-37-25-15-11-23(12-16-25)29(33)27-28(22-9-13-24(36-3)14-10-22)32(31(35)30(27)34)17-6-19-38-26-8-5-7-21(2)20-26/h4-5,7-16,20,28,33H,1,6,17-19H2,2-3H3/t28-/m1/s1. The Morgan fingerprint density at radius 3 is 2.34 bits per heavy atom. The fourth-order valence-electron chi connectivity index (χ4n) is 4.39. The number of Topliss-reactive ketones (excluding diaryl/α,β-unsaturated/α-hetero) is 1. The number of ketones is 1. The van der Waals surface area contributed by atoms with Gasteiger partial charge in [-0.1, -0.05) is 36.9 Å². The van der Waals surface area contributed by atoms with Crippen LogP contribution in [0.4, 0.5) is 0 Å². The second kappa shape index (κ2) is 12.1. The van der Waals surface area contributed by atoms with E-state index in [1.54, 1.807) is 61.7 Å². The van der Waals surface area contributed by atoms with E-state index in [0.29, 0.717) is 42.3 Å². The molecule has 3 aromatic rings. The van der Waals surface area contributed by atoms with E-state index in [1.807, 2.05) is 31.2 Å². The number of aliphatic hydroxyl groups is 1. The van der Waals surface area contributed by atoms with Crippen molar-refractivity contribution in [3.05, 3.63) is 108 Å². The predicted molar refractivity (Wildman–Crippen MR) is 145 cm³/mol. The van der Waals surface area contributed by atoms with Gasteiger partial charge in [-0.2, -0.15) is 0 Å². The number of benzene rings is 3. The first kappa shape index (κ1) is 26.5. The van der Waals surface area contributed by atoms with Crippen molar-refractivity contribution >= 4 is 17.4 Å². The minimum Gasteiger partial charge on any atom is -0.507 e. The summed E-state index contributed by atoms with van der Waals surface area (Å²) >= 11 is 0. The molecule has 38 heavy (non-hydrogen) atoms. The van der Waals surface area contributed by atoms with Crippen LogP contribution in [0, 0.1) is 6.92 Å². The van der Waals surface area contributed by atoms with E-state index < -0.39 is 17.7 Å². The largest absolute Gasteiger partial charge is 0.507 e. The van der Waals surface area contributed by atoms with Crippen LogP contribution in [-0.2, 0) is 9.59 Å². The number of hydrogen-bond donors (Lipinski definition) is 1. The minimum absolute atomic E-state index is 0.0412. The number of likely N-dealkylation sites (tertiary alicyclic amines) is 1. The molecule has 1 aliphatic heterocycles. The molecule has 1 heterocycles. The maximum atomic E-state index is 13.2. The van der Waals surface area contributed by atoms with Crippen molar-refractivity contribution in [2.24, 2.45) is 0 Å². The van der Waals surface area contributed by atoms with Gasteiger partial charge in [0.1, 0.15) is 29.6 Å². The lowest BCUT2D eigenvalue weighted by molar-refractivity contribution is -0.140. The number of aryl methyl sites for hydroxylation is 1. The van der Waals surface area contributed by atoms with Gasteiger partial charge in [-0.25, -0.2) is 0 Å². The molecular formula is C31H31NO6. The Balaban J connectivity index is 1.62. The van der Waals surface area contributed by atoms with E-state index in [4.69, 9.17) is 14.2 Å². The number of methoxy groups -OCH3 is 1. The van der Waals surface area contributed by atoms with Crippen LogP contribution in [0.25, 0.3) is 5.76 Å². The molecule has 1 N–H and O–H groups in total. The summed E-state index contributed by atoms with van der Waals surface area (Å²) in [6.45, 7) is 6.61. The van der Waals surface area contributed by atoms with Gasteiger partial charge < -0.3 is 24.2 Å². The first-order valence-electron chi connectivity index (χ1n) is 12.4. The Bertz CT molecular complexity index is 1330. The Morgan fingerprint density at radius 1 is 0.974 bits per heavy atom. The Morgan fingerprint density at radius 2 is 1.68 bits per heavy atom. The molecule has 0 aromatic heterocycles. The molecule has 0 radical (unpaired) electrons. The summed E-state index contributed by atoms with van der Waals surface area (Å²) in [6.07, 6.45) is 2.14. The third-order valence-corrected chi connectivity index (χ3v) is 6.27. The Kier molecular flexibility index (Phi) is 8.48. The van der Waals surface area contributed by atoms with Crippen molar-refractivity contribution in [3.8, 4) is 17.2 Å². The lowest BCUT2D eigenvalue weighted by Crippen LogP contribution is -2.31. The maximum Gasteiger partial charge on any atom is 0.295 e. The average molecular weight is 514 g/mol. The van der Waals surface area contributed by atoms with Crippen LogP contribution < -0.4 is 14.2 Å². The molecule has 1 aliphatic rings. The number of carbonyl (C=O) groups excluding carboxylic acids is 2. The number of nitrogens with zero attached hydrogens (tertiary/aromatic N) is 1. The molecule has 3 aromatic carbocycles. The zero-order valence-corrected chi connectivity index (χ0v) is 21.6. The van der Waals surface area contributed by atoms with E-state index >= 15 is 0 Å². The summed E-state index contributed by atoms with van der Waals surface area (Å²) < 4.78 is 16.6. The van der Waals surface area contributed by atoms with Crippen LogP contribution in [0.3, 0.4) is 0 Å². The second-order valence-corrected chi connectivity index (χ2v) is 8.91. The summed E-state index contributed by atoms with van der Waals surface area (Å²) in [5.74, 6) is 0.371. The number of hydrogen-bond acceptors (Lipinski definition) is 6. The van der Waals surface area contributed by atoms with Crippen molar-refractivity contribution in [3.63, 3.8) is 0 Å². The molecule has 0 aliphatic carbocycles. The van der Waals surface area contributed by atoms with Gasteiger partial charge in [-0.15, -0.1) is 0 Å². The summed E-state index contributed by atoms with van der Waals surface area (Å²) in [7, 11) is 1.57. The van der Waals surface area contributed by atoms with Gasteiger partial charge in [0.05, 0.1) is 25.3 Å². The highest BCUT2D eigenvalue weighted by molar-refractivity contribution is 6.46. The highest BCUT2D eigenvalue weighted by Crippen LogP contribution is 2.40. The Labute approximate surface area is 222 Å². The van der Waals surface area contributed by atoms with Crippen LogP contribution >= 0.6 is 0 Å². The molecular weight excluding hydrogens is 482 g/mol. The van der Waals surface area contributed by atoms with Crippen LogP contribution in [-0.4, -0.2) is 48.6 Å². The molecule has 7 nitrogen and oxygen atoms in total. The second-order valence-electron chi connectivity index (χ2n) is 8.91. The van der Waals surface area contributed by atoms with Crippen molar-refractivity contribution < 1.29 is 28.9 Å². The van der Waals surface area contributed by atoms with Gasteiger partial charge in [0.15, 0.2) is 0 Å². The molecule has 7 heteroatoms. The van der Waals surface area contributed by atoms with Crippen LogP contribution in [0.5, 0.6) is 17.2 Å². The molecule has 196 valence electrons. The van der Waals surface area contributed by atoms with E-state index in [0.717, 1.165) is 11.3 Å². The number of ether oxygens (including phenoxy) is 3. The summed E-state index contributed by atoms with van der Waals surface area (Å²) in [6, 6.07) is 20.8. The molecule has 1 saturated heterocycles. The predicted octanol–water partition coefficient (Wildman–Crippen LogP) is 5.46. The molecule has 1 fully saturated rings. The van der Waals surface area contributed by atoms with Crippen LogP contribution in [0.15, 0.2) is 91.0 Å². The fraction of sp³-hybridized carbons (Fsp3) is 0.226. The molecule has 0 saturated carbocycles. The molecule has 0 spiro atoms. The van der Waals surface area contributed by atoms with Crippen molar-refractivity contribution in [1.82, 2.24) is 4.90 Å². The number of aliphatic hydroxyl groups excluding tert-OH is 1. The van der Waals surface area contributed by atoms with Gasteiger partial charge >= 0.3 is 0 Å². The van der Waals surface area contributed by atoms with E-state index in [2.05, 4.69) is 6.58 Å². The summed E-state index contributed by atoms with van der Waals surface area (Å²) in [4.78, 5) is 27.9. The SMILES string of the molecule is C=CCOc1ccc(C(O)=C2C(=O)C(=O)N(CCCOc3cccc(C)c3)[C@@H]2c2ccc(OC)cc2)cc1. The first-order valence-corrected chi connectivity index (χ1v) is 12.4. The van der Waals surface area contributed by atoms with Gasteiger partial charge in [-0.05, 0) is 73.0 Å². The highest BCUT2D eigenvalue weighted by Gasteiger charge is 2.45. The number of amides is 1. The third-order valence-electron chi connectivity index (χ3n) is 6.27. The van der Waals surface area contributed by atoms with E-state index in [1.165, 1.54) is 4.90 Å². The van der Waals surface area contributed by atoms with Gasteiger partial charge in [0.2, 0.25) is 0 Å². The zero-order chi connectivity index (χ0) is 27.1. The van der Waals surface area contributed by atoms with E-state index in [-0.39, 0.29) is 17.9 Å². The molecule has 4 rings (SSSR count). The molecule has 1 atom stereocenters. The van der Waals surface area contributed by atoms with E-state index in [9.17, 15) is 14.7 Å². The van der Waals surface area contributed by atoms with Gasteiger partial charge in [-0.3, -0.25) is 9.59 Å². The Hall–Kier alpha value is -4.52. The lowest BCUT2D eigenvalue weighted by atomic mass is 9.95. The van der Waals surface area contributed by atoms with Gasteiger partial charge in [0.25, 0.3) is 11.7 Å². The summed E-state index contributed by atoms with van der Waals surface area (Å²) in [5, 5.41) is 11.2. The minimum atomic E-state index is -0.753. The molecule has 0 unspecified atom stereocenters. The topological polar surface area (TPSA) is 85.3 Å². The fourth-order valence-corrected chi connectivity index (χ4v) is 4.39. The summed E-state index contributed by atoms with van der Waals surface area (Å²) in [5.41, 5.74) is 2.24. The number of rotatable bonds is 11. The van der Waals surface area contributed by atoms with Crippen LogP contribution in [0.2, 0.25) is 0 Å². The third kappa shape index (κ3) is 5.89. The monoisotopic (exact) mass is 513 g/mol. The normalized spacial score (nSPS) is 16.4. The van der Waals surface area contributed by atoms with Crippen molar-refractivity contribution in [1.29, 1.82) is 0 Å². The lowest BCUT2D eigenvalue weighted by Gasteiger charge is -2.25. The quantitative estimate of drug-likeness (QED) is 0.121. The first-order chi connectivity index (χ1) is 18.4. The zero-order valence-electron chi connectivity index (χ0n) is 21.6.